The van der Waals surface area contributed by atoms with Gasteiger partial charge in [0.05, 0.1) is 11.5 Å². The maximum Gasteiger partial charge on any atom is 0.0767 e. The molecule has 1 heterocycles. The number of benzene rings is 1. The molecule has 0 N–H and O–H groups in total. The van der Waals surface area contributed by atoms with Crippen LogP contribution in [0.25, 0.3) is 0 Å². The van der Waals surface area contributed by atoms with E-state index in [1.54, 1.807) is 0 Å². The van der Waals surface area contributed by atoms with Crippen LogP contribution in [-0.2, 0) is 5.41 Å². The lowest BCUT2D eigenvalue weighted by Crippen LogP contribution is -2.19. The summed E-state index contributed by atoms with van der Waals surface area (Å²) in [5, 5.41) is 9.14. The molecule has 0 radical (unpaired) electrons. The van der Waals surface area contributed by atoms with E-state index in [4.69, 9.17) is 5.26 Å². The lowest BCUT2D eigenvalue weighted by atomic mass is 9.86. The second-order valence-corrected chi connectivity index (χ2v) is 4.98. The third-order valence-electron chi connectivity index (χ3n) is 3.32. The Kier molecular flexibility index (Phi) is 2.87. The fourth-order valence-electron chi connectivity index (χ4n) is 2.13. The second kappa shape index (κ2) is 4.17. The Hall–Kier alpha value is -1.49. The van der Waals surface area contributed by atoms with Gasteiger partial charge in [-0.25, -0.2) is 0 Å². The topological polar surface area (TPSA) is 27.0 Å². The summed E-state index contributed by atoms with van der Waals surface area (Å²) < 4.78 is 0. The van der Waals surface area contributed by atoms with Crippen LogP contribution in [0.15, 0.2) is 24.3 Å². The van der Waals surface area contributed by atoms with Crippen LogP contribution in [-0.4, -0.2) is 13.1 Å². The predicted molar refractivity (Wildman–Crippen MR) is 66.5 cm³/mol. The molecule has 0 bridgehead atoms. The lowest BCUT2D eigenvalue weighted by molar-refractivity contribution is 0.686. The Balaban J connectivity index is 2.30. The first-order valence-corrected chi connectivity index (χ1v) is 5.90. The van der Waals surface area contributed by atoms with Crippen LogP contribution in [0.3, 0.4) is 0 Å². The van der Waals surface area contributed by atoms with E-state index in [-0.39, 0.29) is 0 Å². The molecule has 1 aromatic rings. The smallest absolute Gasteiger partial charge is 0.0767 e. The molecule has 0 saturated carbocycles. The summed E-state index contributed by atoms with van der Waals surface area (Å²) in [7, 11) is 0. The zero-order chi connectivity index (χ0) is 11.6. The highest BCUT2D eigenvalue weighted by Gasteiger charge is 2.21. The quantitative estimate of drug-likeness (QED) is 0.756. The highest BCUT2D eigenvalue weighted by atomic mass is 15.1. The van der Waals surface area contributed by atoms with Crippen molar-refractivity contribution in [2.24, 2.45) is 0 Å². The predicted octanol–water partition coefficient (Wildman–Crippen LogP) is 3.09. The van der Waals surface area contributed by atoms with Crippen molar-refractivity contribution in [2.45, 2.75) is 32.1 Å². The fourth-order valence-corrected chi connectivity index (χ4v) is 2.13. The molecule has 0 atom stereocenters. The number of hydrogen-bond donors (Lipinski definition) is 0. The van der Waals surface area contributed by atoms with Crippen molar-refractivity contribution in [3.63, 3.8) is 0 Å². The van der Waals surface area contributed by atoms with Crippen molar-refractivity contribution in [3.05, 3.63) is 29.8 Å². The summed E-state index contributed by atoms with van der Waals surface area (Å²) in [5.74, 6) is 0. The maximum absolute atomic E-state index is 9.14. The third-order valence-corrected chi connectivity index (χ3v) is 3.32. The van der Waals surface area contributed by atoms with E-state index >= 15 is 0 Å². The number of rotatable bonds is 2. The van der Waals surface area contributed by atoms with Crippen LogP contribution in [0.1, 0.15) is 32.3 Å². The molecule has 0 amide bonds. The number of nitriles is 1. The molecule has 0 spiro atoms. The van der Waals surface area contributed by atoms with Gasteiger partial charge in [0.25, 0.3) is 0 Å². The normalized spacial score (nSPS) is 16.2. The average Bonchev–Trinajstić information content (AvgIpc) is 2.83. The lowest BCUT2D eigenvalue weighted by Gasteiger charge is -2.21. The van der Waals surface area contributed by atoms with Gasteiger partial charge in [-0.05, 0) is 44.4 Å². The minimum atomic E-state index is -0.393. The number of anilines is 1. The molecule has 1 saturated heterocycles. The SMILES string of the molecule is CC(C)(C#N)c1cccc(N2CCCC2)c1. The molecule has 1 fully saturated rings. The Labute approximate surface area is 97.5 Å². The maximum atomic E-state index is 9.14. The molecule has 16 heavy (non-hydrogen) atoms. The summed E-state index contributed by atoms with van der Waals surface area (Å²) in [6.07, 6.45) is 2.57. The molecule has 84 valence electrons. The van der Waals surface area contributed by atoms with E-state index in [0.717, 1.165) is 18.7 Å². The Morgan fingerprint density at radius 1 is 1.25 bits per heavy atom. The summed E-state index contributed by atoms with van der Waals surface area (Å²) in [4.78, 5) is 2.40. The fraction of sp³-hybridized carbons (Fsp3) is 0.500. The highest BCUT2D eigenvalue weighted by molar-refractivity contribution is 5.51. The Bertz CT molecular complexity index is 409. The molecular weight excluding hydrogens is 196 g/mol. The Morgan fingerprint density at radius 3 is 2.56 bits per heavy atom. The highest BCUT2D eigenvalue weighted by Crippen LogP contribution is 2.27. The molecule has 1 aromatic carbocycles. The first-order valence-electron chi connectivity index (χ1n) is 5.90. The second-order valence-electron chi connectivity index (χ2n) is 4.98. The molecular formula is C14H18N2. The van der Waals surface area contributed by atoms with Gasteiger partial charge < -0.3 is 4.90 Å². The molecule has 1 aliphatic heterocycles. The first kappa shape index (κ1) is 11.0. The summed E-state index contributed by atoms with van der Waals surface area (Å²) in [6, 6.07) is 10.8. The zero-order valence-corrected chi connectivity index (χ0v) is 10.0. The molecule has 2 heteroatoms. The van der Waals surface area contributed by atoms with Crippen molar-refractivity contribution < 1.29 is 0 Å². The monoisotopic (exact) mass is 214 g/mol. The van der Waals surface area contributed by atoms with Gasteiger partial charge in [0.2, 0.25) is 0 Å². The first-order chi connectivity index (χ1) is 7.63. The molecule has 0 aliphatic carbocycles. The van der Waals surface area contributed by atoms with Crippen molar-refractivity contribution in [1.82, 2.24) is 0 Å². The molecule has 1 aliphatic rings. The van der Waals surface area contributed by atoms with E-state index in [0.29, 0.717) is 0 Å². The van der Waals surface area contributed by atoms with Gasteiger partial charge in [-0.15, -0.1) is 0 Å². The summed E-state index contributed by atoms with van der Waals surface area (Å²) in [5.41, 5.74) is 1.98. The number of hydrogen-bond acceptors (Lipinski definition) is 2. The number of nitrogens with zero attached hydrogens (tertiary/aromatic N) is 2. The van der Waals surface area contributed by atoms with E-state index in [9.17, 15) is 0 Å². The largest absolute Gasteiger partial charge is 0.372 e. The standard InChI is InChI=1S/C14H18N2/c1-14(2,11-15)12-6-5-7-13(10-12)16-8-3-4-9-16/h5-7,10H,3-4,8-9H2,1-2H3. The average molecular weight is 214 g/mol. The summed E-state index contributed by atoms with van der Waals surface area (Å²) in [6.45, 7) is 6.24. The van der Waals surface area contributed by atoms with Crippen LogP contribution in [0, 0.1) is 11.3 Å². The van der Waals surface area contributed by atoms with Crippen LogP contribution in [0.5, 0.6) is 0 Å². The molecule has 0 aromatic heterocycles. The van der Waals surface area contributed by atoms with Gasteiger partial charge in [0.1, 0.15) is 0 Å². The Morgan fingerprint density at radius 2 is 1.94 bits per heavy atom. The van der Waals surface area contributed by atoms with Crippen LogP contribution in [0.4, 0.5) is 5.69 Å². The van der Waals surface area contributed by atoms with Gasteiger partial charge >= 0.3 is 0 Å². The minimum Gasteiger partial charge on any atom is -0.372 e. The summed E-state index contributed by atoms with van der Waals surface area (Å²) >= 11 is 0. The van der Waals surface area contributed by atoms with Crippen molar-refractivity contribution in [1.29, 1.82) is 5.26 Å². The van der Waals surface area contributed by atoms with Crippen LogP contribution < -0.4 is 4.90 Å². The third kappa shape index (κ3) is 2.04. The van der Waals surface area contributed by atoms with E-state index in [1.807, 2.05) is 19.9 Å². The van der Waals surface area contributed by atoms with Gasteiger partial charge in [-0.1, -0.05) is 12.1 Å². The van der Waals surface area contributed by atoms with Gasteiger partial charge in [0, 0.05) is 18.8 Å². The molecule has 2 rings (SSSR count). The molecule has 2 nitrogen and oxygen atoms in total. The van der Waals surface area contributed by atoms with Gasteiger partial charge in [0.15, 0.2) is 0 Å². The van der Waals surface area contributed by atoms with E-state index in [1.165, 1.54) is 18.5 Å². The van der Waals surface area contributed by atoms with Gasteiger partial charge in [-0.2, -0.15) is 5.26 Å². The van der Waals surface area contributed by atoms with Crippen LogP contribution >= 0.6 is 0 Å². The van der Waals surface area contributed by atoms with Crippen molar-refractivity contribution in [2.75, 3.05) is 18.0 Å². The van der Waals surface area contributed by atoms with Crippen molar-refractivity contribution >= 4 is 5.69 Å². The van der Waals surface area contributed by atoms with Crippen molar-refractivity contribution in [3.8, 4) is 6.07 Å². The molecule has 0 unspecified atom stereocenters. The van der Waals surface area contributed by atoms with E-state index < -0.39 is 5.41 Å². The zero-order valence-electron chi connectivity index (χ0n) is 10.0. The van der Waals surface area contributed by atoms with E-state index in [2.05, 4.69) is 29.2 Å². The van der Waals surface area contributed by atoms with Gasteiger partial charge in [-0.3, -0.25) is 0 Å². The minimum absolute atomic E-state index is 0.393. The van der Waals surface area contributed by atoms with Crippen LogP contribution in [0.2, 0.25) is 0 Å².